The lowest BCUT2D eigenvalue weighted by atomic mass is 10.0. The van der Waals surface area contributed by atoms with Crippen LogP contribution >= 0.6 is 0 Å². The largest absolute Gasteiger partial charge is 0.369 e. The number of H-pyrrole nitrogens is 1. The molecule has 5 heteroatoms. The Labute approximate surface area is 126 Å². The number of hydrogen-bond acceptors (Lipinski definition) is 4. The van der Waals surface area contributed by atoms with Crippen molar-refractivity contribution in [1.82, 2.24) is 9.97 Å². The van der Waals surface area contributed by atoms with E-state index in [1.807, 2.05) is 30.5 Å². The van der Waals surface area contributed by atoms with Gasteiger partial charge >= 0.3 is 0 Å². The normalized spacial score (nSPS) is 18.2. The predicted molar refractivity (Wildman–Crippen MR) is 84.8 cm³/mol. The maximum Gasteiger partial charge on any atom is 0.151 e. The van der Waals surface area contributed by atoms with Gasteiger partial charge in [0.25, 0.3) is 0 Å². The summed E-state index contributed by atoms with van der Waals surface area (Å²) in [6.45, 7) is 0. The zero-order chi connectivity index (χ0) is 15.1. The SMILES string of the molecule is N#Cc1ccc2c(c1)C(=Cc1c[nH]c3ncccc13)C(O)N2. The van der Waals surface area contributed by atoms with Gasteiger partial charge in [-0.15, -0.1) is 0 Å². The number of aromatic amines is 1. The third kappa shape index (κ3) is 1.86. The second kappa shape index (κ2) is 4.72. The van der Waals surface area contributed by atoms with Crippen molar-refractivity contribution in [3.8, 4) is 6.07 Å². The molecule has 1 aliphatic rings. The van der Waals surface area contributed by atoms with E-state index in [9.17, 15) is 5.11 Å². The first-order valence-corrected chi connectivity index (χ1v) is 6.89. The molecule has 1 aliphatic heterocycles. The molecule has 2 aromatic heterocycles. The molecule has 0 bridgehead atoms. The Kier molecular flexibility index (Phi) is 2.71. The molecule has 3 heterocycles. The standard InChI is InChI=1S/C17H12N4O/c18-8-10-3-4-15-13(6-10)14(17(22)21-15)7-11-9-20-16-12(11)2-1-5-19-16/h1-7,9,17,21-22H,(H,19,20). The van der Waals surface area contributed by atoms with Crippen LogP contribution in [0.5, 0.6) is 0 Å². The second-order valence-electron chi connectivity index (χ2n) is 5.16. The Morgan fingerprint density at radius 3 is 3.09 bits per heavy atom. The number of nitrogens with zero attached hydrogens (tertiary/aromatic N) is 2. The molecule has 0 spiro atoms. The average Bonchev–Trinajstić information content (AvgIpc) is 3.09. The van der Waals surface area contributed by atoms with Crippen LogP contribution in [0, 0.1) is 11.3 Å². The van der Waals surface area contributed by atoms with Crippen LogP contribution in [0.25, 0.3) is 22.7 Å². The summed E-state index contributed by atoms with van der Waals surface area (Å²) < 4.78 is 0. The van der Waals surface area contributed by atoms with Gasteiger partial charge in [0.05, 0.1) is 11.6 Å². The number of fused-ring (bicyclic) bond motifs is 2. The van der Waals surface area contributed by atoms with Gasteiger partial charge in [0, 0.05) is 40.2 Å². The fraction of sp³-hybridized carbons (Fsp3) is 0.0588. The lowest BCUT2D eigenvalue weighted by Crippen LogP contribution is -2.12. The summed E-state index contributed by atoms with van der Waals surface area (Å²) in [6, 6.07) is 11.3. The smallest absolute Gasteiger partial charge is 0.151 e. The molecule has 5 nitrogen and oxygen atoms in total. The number of aliphatic hydroxyl groups excluding tert-OH is 1. The first-order chi connectivity index (χ1) is 10.8. The van der Waals surface area contributed by atoms with Gasteiger partial charge in [0.15, 0.2) is 6.23 Å². The highest BCUT2D eigenvalue weighted by atomic mass is 16.3. The minimum atomic E-state index is -0.787. The summed E-state index contributed by atoms with van der Waals surface area (Å²) in [4.78, 5) is 7.37. The van der Waals surface area contributed by atoms with E-state index in [0.29, 0.717) is 5.56 Å². The Morgan fingerprint density at radius 1 is 1.32 bits per heavy atom. The van der Waals surface area contributed by atoms with Gasteiger partial charge in [0.2, 0.25) is 0 Å². The predicted octanol–water partition coefficient (Wildman–Crippen LogP) is 2.72. The number of nitriles is 1. The van der Waals surface area contributed by atoms with Crippen LogP contribution in [0.1, 0.15) is 16.7 Å². The van der Waals surface area contributed by atoms with E-state index in [-0.39, 0.29) is 0 Å². The molecule has 106 valence electrons. The summed E-state index contributed by atoms with van der Waals surface area (Å²) in [5.74, 6) is 0. The monoisotopic (exact) mass is 288 g/mol. The summed E-state index contributed by atoms with van der Waals surface area (Å²) >= 11 is 0. The molecule has 1 aromatic carbocycles. The van der Waals surface area contributed by atoms with Gasteiger partial charge in [-0.05, 0) is 36.4 Å². The summed E-state index contributed by atoms with van der Waals surface area (Å²) in [6.07, 6.45) is 4.73. The van der Waals surface area contributed by atoms with Crippen molar-refractivity contribution in [2.75, 3.05) is 5.32 Å². The molecular formula is C17H12N4O. The minimum absolute atomic E-state index is 0.571. The lowest BCUT2D eigenvalue weighted by molar-refractivity contribution is 0.266. The molecule has 3 aromatic rings. The summed E-state index contributed by atoms with van der Waals surface area (Å²) in [5.41, 5.74) is 4.76. The highest BCUT2D eigenvalue weighted by Crippen LogP contribution is 2.36. The zero-order valence-corrected chi connectivity index (χ0v) is 11.5. The Hall–Kier alpha value is -3.10. The molecule has 3 N–H and O–H groups in total. The molecule has 0 aliphatic carbocycles. The van der Waals surface area contributed by atoms with E-state index in [1.165, 1.54) is 0 Å². The molecule has 22 heavy (non-hydrogen) atoms. The second-order valence-corrected chi connectivity index (χ2v) is 5.16. The number of rotatable bonds is 1. The van der Waals surface area contributed by atoms with Gasteiger partial charge in [-0.1, -0.05) is 0 Å². The molecule has 1 unspecified atom stereocenters. The van der Waals surface area contributed by atoms with E-state index in [4.69, 9.17) is 5.26 Å². The van der Waals surface area contributed by atoms with E-state index in [2.05, 4.69) is 21.4 Å². The van der Waals surface area contributed by atoms with Gasteiger partial charge in [-0.2, -0.15) is 5.26 Å². The third-order valence-electron chi connectivity index (χ3n) is 3.84. The molecule has 0 saturated heterocycles. The van der Waals surface area contributed by atoms with Crippen molar-refractivity contribution in [2.45, 2.75) is 6.23 Å². The Morgan fingerprint density at radius 2 is 2.23 bits per heavy atom. The lowest BCUT2D eigenvalue weighted by Gasteiger charge is -2.05. The molecular weight excluding hydrogens is 276 g/mol. The first-order valence-electron chi connectivity index (χ1n) is 6.89. The maximum absolute atomic E-state index is 10.3. The van der Waals surface area contributed by atoms with Crippen LogP contribution in [-0.2, 0) is 0 Å². The van der Waals surface area contributed by atoms with Crippen LogP contribution in [0.2, 0.25) is 0 Å². The average molecular weight is 288 g/mol. The Bertz CT molecular complexity index is 949. The van der Waals surface area contributed by atoms with Crippen molar-refractivity contribution >= 4 is 28.4 Å². The number of pyridine rings is 1. The van der Waals surface area contributed by atoms with E-state index >= 15 is 0 Å². The quantitative estimate of drug-likeness (QED) is 0.642. The number of anilines is 1. The van der Waals surface area contributed by atoms with Crippen LogP contribution < -0.4 is 5.32 Å². The van der Waals surface area contributed by atoms with E-state index < -0.39 is 6.23 Å². The van der Waals surface area contributed by atoms with Crippen LogP contribution in [0.15, 0.2) is 42.7 Å². The summed E-state index contributed by atoms with van der Waals surface area (Å²) in [7, 11) is 0. The third-order valence-corrected chi connectivity index (χ3v) is 3.84. The van der Waals surface area contributed by atoms with Crippen LogP contribution in [-0.4, -0.2) is 21.3 Å². The molecule has 1 atom stereocenters. The van der Waals surface area contributed by atoms with Crippen molar-refractivity contribution < 1.29 is 5.11 Å². The number of nitrogens with one attached hydrogen (secondary N) is 2. The van der Waals surface area contributed by atoms with Crippen molar-refractivity contribution in [2.24, 2.45) is 0 Å². The highest BCUT2D eigenvalue weighted by molar-refractivity contribution is 5.99. The molecule has 0 fully saturated rings. The van der Waals surface area contributed by atoms with Gasteiger partial charge in [-0.25, -0.2) is 4.98 Å². The maximum atomic E-state index is 10.3. The first kappa shape index (κ1) is 12.6. The van der Waals surface area contributed by atoms with Gasteiger partial charge < -0.3 is 15.4 Å². The van der Waals surface area contributed by atoms with Crippen LogP contribution in [0.3, 0.4) is 0 Å². The number of aromatic nitrogens is 2. The number of hydrogen-bond donors (Lipinski definition) is 3. The molecule has 0 radical (unpaired) electrons. The van der Waals surface area contributed by atoms with E-state index in [0.717, 1.165) is 33.4 Å². The van der Waals surface area contributed by atoms with Gasteiger partial charge in [-0.3, -0.25) is 0 Å². The van der Waals surface area contributed by atoms with Crippen LogP contribution in [0.4, 0.5) is 5.69 Å². The zero-order valence-electron chi connectivity index (χ0n) is 11.5. The molecule has 0 amide bonds. The fourth-order valence-corrected chi connectivity index (χ4v) is 2.77. The summed E-state index contributed by atoms with van der Waals surface area (Å²) in [5, 5.41) is 23.3. The van der Waals surface area contributed by atoms with Gasteiger partial charge in [0.1, 0.15) is 5.65 Å². The highest BCUT2D eigenvalue weighted by Gasteiger charge is 2.24. The molecule has 4 rings (SSSR count). The van der Waals surface area contributed by atoms with E-state index in [1.54, 1.807) is 18.3 Å². The number of aliphatic hydroxyl groups is 1. The van der Waals surface area contributed by atoms with Crippen molar-refractivity contribution in [3.63, 3.8) is 0 Å². The van der Waals surface area contributed by atoms with Crippen molar-refractivity contribution in [1.29, 1.82) is 5.26 Å². The minimum Gasteiger partial charge on any atom is -0.369 e. The Balaban J connectivity index is 1.88. The molecule has 0 saturated carbocycles. The fourth-order valence-electron chi connectivity index (χ4n) is 2.77. The number of benzene rings is 1. The topological polar surface area (TPSA) is 84.7 Å². The van der Waals surface area contributed by atoms with Crippen molar-refractivity contribution in [3.05, 3.63) is 59.4 Å².